The summed E-state index contributed by atoms with van der Waals surface area (Å²) in [7, 11) is 0. The van der Waals surface area contributed by atoms with E-state index < -0.39 is 22.8 Å². The predicted octanol–water partition coefficient (Wildman–Crippen LogP) is 2.60. The Bertz CT molecular complexity index is 751. The van der Waals surface area contributed by atoms with Crippen LogP contribution in [0.15, 0.2) is 23.0 Å². The molecule has 0 amide bonds. The molecule has 0 spiro atoms. The Morgan fingerprint density at radius 1 is 1.38 bits per heavy atom. The minimum absolute atomic E-state index is 0.0684. The van der Waals surface area contributed by atoms with Crippen LogP contribution in [0.3, 0.4) is 0 Å². The molecule has 1 aliphatic heterocycles. The first kappa shape index (κ1) is 14.3. The molecule has 1 aromatic heterocycles. The van der Waals surface area contributed by atoms with Gasteiger partial charge >= 0.3 is 6.18 Å². The maximum Gasteiger partial charge on any atom is 0.418 e. The molecule has 21 heavy (non-hydrogen) atoms. The van der Waals surface area contributed by atoms with E-state index in [1.54, 1.807) is 0 Å². The molecular formula is C13H11ClF3N3O. The van der Waals surface area contributed by atoms with Crippen LogP contribution in [-0.2, 0) is 6.18 Å². The molecular weight excluding hydrogens is 307 g/mol. The summed E-state index contributed by atoms with van der Waals surface area (Å²) in [5.41, 5.74) is -1.89. The van der Waals surface area contributed by atoms with E-state index in [1.165, 1.54) is 16.7 Å². The first-order valence-corrected chi connectivity index (χ1v) is 6.76. The lowest BCUT2D eigenvalue weighted by molar-refractivity contribution is -0.136. The maximum absolute atomic E-state index is 13.0. The van der Waals surface area contributed by atoms with Crippen molar-refractivity contribution in [2.45, 2.75) is 18.6 Å². The number of aromatic nitrogens is 2. The van der Waals surface area contributed by atoms with E-state index in [1.807, 2.05) is 0 Å². The number of nitrogens with one attached hydrogen (secondary N) is 1. The summed E-state index contributed by atoms with van der Waals surface area (Å²) in [5.74, 6) is 0. The molecule has 1 saturated heterocycles. The molecule has 1 atom stereocenters. The summed E-state index contributed by atoms with van der Waals surface area (Å²) >= 11 is 5.97. The predicted molar refractivity (Wildman–Crippen MR) is 72.5 cm³/mol. The highest BCUT2D eigenvalue weighted by molar-refractivity contribution is 6.28. The zero-order chi connectivity index (χ0) is 15.2. The lowest BCUT2D eigenvalue weighted by Gasteiger charge is -2.16. The molecule has 1 aromatic carbocycles. The maximum atomic E-state index is 13.0. The molecule has 112 valence electrons. The highest BCUT2D eigenvalue weighted by Crippen LogP contribution is 2.33. The normalized spacial score (nSPS) is 19.3. The first-order valence-electron chi connectivity index (χ1n) is 6.38. The average molecular weight is 318 g/mol. The van der Waals surface area contributed by atoms with E-state index in [0.29, 0.717) is 13.0 Å². The highest BCUT2D eigenvalue weighted by Gasteiger charge is 2.34. The molecule has 1 fully saturated rings. The highest BCUT2D eigenvalue weighted by atomic mass is 35.5. The molecule has 0 radical (unpaired) electrons. The minimum Gasteiger partial charge on any atom is -0.315 e. The molecule has 1 aliphatic rings. The quantitative estimate of drug-likeness (QED) is 0.822. The van der Waals surface area contributed by atoms with Gasteiger partial charge < -0.3 is 5.32 Å². The standard InChI is InChI=1S/C13H11ClF3N3O/c14-12-19-10-8(2-1-3-9(10)13(15,16)17)11(21)20(12)7-4-5-18-6-7/h1-3,7,18H,4-6H2. The third-order valence-electron chi connectivity index (χ3n) is 3.59. The largest absolute Gasteiger partial charge is 0.418 e. The van der Waals surface area contributed by atoms with Crippen LogP contribution in [0, 0.1) is 0 Å². The van der Waals surface area contributed by atoms with Crippen LogP contribution < -0.4 is 10.9 Å². The fourth-order valence-corrected chi connectivity index (χ4v) is 2.90. The molecule has 4 nitrogen and oxygen atoms in total. The number of rotatable bonds is 1. The van der Waals surface area contributed by atoms with Crippen molar-refractivity contribution in [2.75, 3.05) is 13.1 Å². The van der Waals surface area contributed by atoms with E-state index in [4.69, 9.17) is 11.6 Å². The van der Waals surface area contributed by atoms with Crippen molar-refractivity contribution in [3.8, 4) is 0 Å². The first-order chi connectivity index (χ1) is 9.89. The fourth-order valence-electron chi connectivity index (χ4n) is 2.60. The Kier molecular flexibility index (Phi) is 3.41. The van der Waals surface area contributed by atoms with Crippen molar-refractivity contribution in [1.82, 2.24) is 14.9 Å². The van der Waals surface area contributed by atoms with Crippen LogP contribution in [0.2, 0.25) is 5.28 Å². The lowest BCUT2D eigenvalue weighted by Crippen LogP contribution is -2.28. The van der Waals surface area contributed by atoms with Gasteiger partial charge in [-0.3, -0.25) is 9.36 Å². The van der Waals surface area contributed by atoms with E-state index in [-0.39, 0.29) is 16.7 Å². The average Bonchev–Trinajstić information content (AvgIpc) is 2.90. The fraction of sp³-hybridized carbons (Fsp3) is 0.385. The third kappa shape index (κ3) is 2.40. The number of nitrogens with zero attached hydrogens (tertiary/aromatic N) is 2. The van der Waals surface area contributed by atoms with Gasteiger partial charge in [0, 0.05) is 6.54 Å². The summed E-state index contributed by atoms with van der Waals surface area (Å²) in [6.07, 6.45) is -3.89. The second kappa shape index (κ2) is 4.99. The van der Waals surface area contributed by atoms with Crippen LogP contribution in [-0.4, -0.2) is 22.6 Å². The number of fused-ring (bicyclic) bond motifs is 1. The van der Waals surface area contributed by atoms with Gasteiger partial charge in [0.05, 0.1) is 22.5 Å². The molecule has 0 bridgehead atoms. The number of hydrogen-bond donors (Lipinski definition) is 1. The van der Waals surface area contributed by atoms with Crippen LogP contribution in [0.25, 0.3) is 10.9 Å². The van der Waals surface area contributed by atoms with Crippen molar-refractivity contribution < 1.29 is 13.2 Å². The third-order valence-corrected chi connectivity index (χ3v) is 3.86. The Morgan fingerprint density at radius 3 is 2.76 bits per heavy atom. The van der Waals surface area contributed by atoms with E-state index in [0.717, 1.165) is 12.6 Å². The Morgan fingerprint density at radius 2 is 2.14 bits per heavy atom. The molecule has 3 rings (SSSR count). The number of hydrogen-bond acceptors (Lipinski definition) is 3. The van der Waals surface area contributed by atoms with Crippen molar-refractivity contribution in [1.29, 1.82) is 0 Å². The van der Waals surface area contributed by atoms with Gasteiger partial charge in [0.15, 0.2) is 0 Å². The van der Waals surface area contributed by atoms with Gasteiger partial charge in [0.1, 0.15) is 0 Å². The van der Waals surface area contributed by atoms with E-state index in [2.05, 4.69) is 10.3 Å². The smallest absolute Gasteiger partial charge is 0.315 e. The van der Waals surface area contributed by atoms with Crippen molar-refractivity contribution in [3.05, 3.63) is 39.4 Å². The van der Waals surface area contributed by atoms with Crippen molar-refractivity contribution >= 4 is 22.5 Å². The van der Waals surface area contributed by atoms with Crippen LogP contribution in [0.1, 0.15) is 18.0 Å². The number of halogens is 4. The second-order valence-electron chi connectivity index (χ2n) is 4.90. The number of benzene rings is 1. The van der Waals surface area contributed by atoms with Crippen molar-refractivity contribution in [2.24, 2.45) is 0 Å². The van der Waals surface area contributed by atoms with Gasteiger partial charge in [-0.1, -0.05) is 6.07 Å². The topological polar surface area (TPSA) is 46.9 Å². The molecule has 2 aromatic rings. The lowest BCUT2D eigenvalue weighted by atomic mass is 10.1. The van der Waals surface area contributed by atoms with E-state index >= 15 is 0 Å². The van der Waals surface area contributed by atoms with Gasteiger partial charge in [-0.15, -0.1) is 0 Å². The zero-order valence-electron chi connectivity index (χ0n) is 10.7. The Labute approximate surface area is 122 Å². The van der Waals surface area contributed by atoms with Gasteiger partial charge in [0.2, 0.25) is 5.28 Å². The Balaban J connectivity index is 2.30. The molecule has 2 heterocycles. The van der Waals surface area contributed by atoms with Crippen molar-refractivity contribution in [3.63, 3.8) is 0 Å². The molecule has 0 saturated carbocycles. The van der Waals surface area contributed by atoms with Crippen LogP contribution >= 0.6 is 11.6 Å². The van der Waals surface area contributed by atoms with Gasteiger partial charge in [-0.05, 0) is 36.7 Å². The zero-order valence-corrected chi connectivity index (χ0v) is 11.5. The van der Waals surface area contributed by atoms with E-state index in [9.17, 15) is 18.0 Å². The van der Waals surface area contributed by atoms with Crippen LogP contribution in [0.5, 0.6) is 0 Å². The summed E-state index contributed by atoms with van der Waals surface area (Å²) in [4.78, 5) is 16.3. The molecule has 1 N–H and O–H groups in total. The molecule has 1 unspecified atom stereocenters. The van der Waals surface area contributed by atoms with Gasteiger partial charge in [-0.2, -0.15) is 13.2 Å². The summed E-state index contributed by atoms with van der Waals surface area (Å²) in [6, 6.07) is 3.26. The summed E-state index contributed by atoms with van der Waals surface area (Å²) in [6.45, 7) is 1.28. The second-order valence-corrected chi connectivity index (χ2v) is 5.24. The number of alkyl halides is 3. The monoisotopic (exact) mass is 317 g/mol. The number of para-hydroxylation sites is 1. The van der Waals surface area contributed by atoms with Gasteiger partial charge in [-0.25, -0.2) is 4.98 Å². The molecule has 8 heteroatoms. The minimum atomic E-state index is -4.58. The van der Waals surface area contributed by atoms with Gasteiger partial charge in [0.25, 0.3) is 5.56 Å². The molecule has 0 aliphatic carbocycles. The van der Waals surface area contributed by atoms with Crippen LogP contribution in [0.4, 0.5) is 13.2 Å². The summed E-state index contributed by atoms with van der Waals surface area (Å²) in [5, 5.41) is 2.80. The summed E-state index contributed by atoms with van der Waals surface area (Å²) < 4.78 is 40.2. The Hall–Kier alpha value is -1.60. The SMILES string of the molecule is O=c1c2cccc(C(F)(F)F)c2nc(Cl)n1C1CCNC1.